The van der Waals surface area contributed by atoms with E-state index in [1.165, 1.54) is 0 Å². The number of aryl methyl sites for hydroxylation is 4. The molecule has 1 saturated heterocycles. The van der Waals surface area contributed by atoms with Crippen LogP contribution in [0.1, 0.15) is 46.2 Å². The summed E-state index contributed by atoms with van der Waals surface area (Å²) < 4.78 is 28.3. The van der Waals surface area contributed by atoms with E-state index in [1.54, 1.807) is 4.31 Å². The largest absolute Gasteiger partial charge is 0.326 e. The Balaban J connectivity index is 1.73. The summed E-state index contributed by atoms with van der Waals surface area (Å²) in [6.07, 6.45) is 1.05. The fraction of sp³-hybridized carbons (Fsp3) is 0.458. The van der Waals surface area contributed by atoms with Gasteiger partial charge in [-0.05, 0) is 88.3 Å². The molecule has 1 aliphatic rings. The maximum atomic E-state index is 13.4. The van der Waals surface area contributed by atoms with Crippen molar-refractivity contribution < 1.29 is 13.2 Å². The Morgan fingerprint density at radius 2 is 1.47 bits per heavy atom. The summed E-state index contributed by atoms with van der Waals surface area (Å²) in [6.45, 7) is 12.4. The van der Waals surface area contributed by atoms with Gasteiger partial charge in [0.25, 0.3) is 0 Å². The number of anilines is 1. The minimum absolute atomic E-state index is 0.0298. The van der Waals surface area contributed by atoms with Crippen molar-refractivity contribution in [1.29, 1.82) is 0 Å². The second kappa shape index (κ2) is 8.52. The summed E-state index contributed by atoms with van der Waals surface area (Å²) in [6, 6.07) is 7.98. The molecule has 0 spiro atoms. The normalized spacial score (nSPS) is 15.9. The van der Waals surface area contributed by atoms with Gasteiger partial charge in [0.2, 0.25) is 15.9 Å². The Kier molecular flexibility index (Phi) is 6.39. The molecule has 1 N–H and O–H groups in total. The van der Waals surface area contributed by atoms with Gasteiger partial charge in [0.15, 0.2) is 0 Å². The predicted molar refractivity (Wildman–Crippen MR) is 121 cm³/mol. The van der Waals surface area contributed by atoms with E-state index >= 15 is 0 Å². The molecule has 1 fully saturated rings. The maximum absolute atomic E-state index is 13.4. The highest BCUT2D eigenvalue weighted by molar-refractivity contribution is 7.89. The van der Waals surface area contributed by atoms with E-state index in [0.29, 0.717) is 30.8 Å². The molecule has 0 aliphatic carbocycles. The van der Waals surface area contributed by atoms with E-state index in [4.69, 9.17) is 0 Å². The number of carbonyl (C=O) groups is 1. The zero-order chi connectivity index (χ0) is 22.2. The first-order valence-corrected chi connectivity index (χ1v) is 11.9. The van der Waals surface area contributed by atoms with Crippen LogP contribution in [0.5, 0.6) is 0 Å². The second-order valence-corrected chi connectivity index (χ2v) is 10.5. The molecule has 3 rings (SSSR count). The van der Waals surface area contributed by atoms with Crippen LogP contribution < -0.4 is 5.32 Å². The summed E-state index contributed by atoms with van der Waals surface area (Å²) in [7, 11) is -3.59. The molecule has 0 bridgehead atoms. The molecule has 1 amide bonds. The molecule has 0 saturated carbocycles. The third kappa shape index (κ3) is 4.30. The van der Waals surface area contributed by atoms with Gasteiger partial charge in [-0.3, -0.25) is 4.79 Å². The van der Waals surface area contributed by atoms with Crippen molar-refractivity contribution in [3.8, 4) is 0 Å². The highest BCUT2D eigenvalue weighted by Crippen LogP contribution is 2.31. The van der Waals surface area contributed by atoms with Gasteiger partial charge in [-0.2, -0.15) is 4.31 Å². The van der Waals surface area contributed by atoms with Crippen molar-refractivity contribution in [3.63, 3.8) is 0 Å². The molecule has 0 atom stereocenters. The molecule has 6 heteroatoms. The predicted octanol–water partition coefficient (Wildman–Crippen LogP) is 4.58. The quantitative estimate of drug-likeness (QED) is 0.775. The average Bonchev–Trinajstić information content (AvgIpc) is 2.68. The van der Waals surface area contributed by atoms with Crippen LogP contribution in [-0.4, -0.2) is 31.7 Å². The topological polar surface area (TPSA) is 66.5 Å². The number of nitrogens with one attached hydrogen (secondary N) is 1. The van der Waals surface area contributed by atoms with Crippen molar-refractivity contribution in [3.05, 3.63) is 57.6 Å². The minimum Gasteiger partial charge on any atom is -0.326 e. The number of hydrogen-bond donors (Lipinski definition) is 1. The van der Waals surface area contributed by atoms with Crippen molar-refractivity contribution in [1.82, 2.24) is 4.31 Å². The number of hydrogen-bond acceptors (Lipinski definition) is 3. The molecule has 1 heterocycles. The van der Waals surface area contributed by atoms with Crippen LogP contribution in [0.25, 0.3) is 0 Å². The molecule has 5 nitrogen and oxygen atoms in total. The summed E-state index contributed by atoms with van der Waals surface area (Å²) >= 11 is 0. The number of carbonyl (C=O) groups excluding carboxylic acids is 1. The van der Waals surface area contributed by atoms with Crippen LogP contribution in [0.3, 0.4) is 0 Å². The third-order valence-electron chi connectivity index (χ3n) is 6.36. The Hall–Kier alpha value is -2.18. The van der Waals surface area contributed by atoms with Gasteiger partial charge in [-0.25, -0.2) is 8.42 Å². The molecular formula is C24H32N2O3S. The number of sulfonamides is 1. The zero-order valence-electron chi connectivity index (χ0n) is 18.8. The highest BCUT2D eigenvalue weighted by atomic mass is 32.2. The fourth-order valence-electron chi connectivity index (χ4n) is 4.24. The maximum Gasteiger partial charge on any atom is 0.243 e. The summed E-state index contributed by atoms with van der Waals surface area (Å²) in [5, 5.41) is 3.02. The van der Waals surface area contributed by atoms with Crippen LogP contribution in [0, 0.1) is 47.5 Å². The Morgan fingerprint density at radius 3 is 2.00 bits per heavy atom. The van der Waals surface area contributed by atoms with Crippen molar-refractivity contribution in [2.45, 2.75) is 59.3 Å². The van der Waals surface area contributed by atoms with Crippen molar-refractivity contribution >= 4 is 21.6 Å². The van der Waals surface area contributed by atoms with Crippen LogP contribution in [-0.2, 0) is 14.8 Å². The molecule has 2 aromatic rings. The van der Waals surface area contributed by atoms with Gasteiger partial charge < -0.3 is 5.32 Å². The lowest BCUT2D eigenvalue weighted by Crippen LogP contribution is -2.42. The van der Waals surface area contributed by atoms with Crippen LogP contribution >= 0.6 is 0 Å². The SMILES string of the molecule is Cc1ccc(NC(=O)C2CCN(S(=O)(=O)c3c(C)c(C)cc(C)c3C)CC2)c(C)c1. The Bertz CT molecular complexity index is 1060. The standard InChI is InChI=1S/C24H32N2O3S/c1-15-7-8-22(18(4)13-15)25-24(27)21-9-11-26(12-10-21)30(28,29)23-19(5)16(2)14-17(3)20(23)6/h7-8,13-14,21H,9-12H2,1-6H3,(H,25,27). The monoisotopic (exact) mass is 428 g/mol. The van der Waals surface area contributed by atoms with E-state index in [9.17, 15) is 13.2 Å². The van der Waals surface area contributed by atoms with Crippen molar-refractivity contribution in [2.75, 3.05) is 18.4 Å². The molecule has 0 radical (unpaired) electrons. The third-order valence-corrected chi connectivity index (χ3v) is 8.53. The molecule has 162 valence electrons. The Labute approximate surface area is 180 Å². The lowest BCUT2D eigenvalue weighted by Gasteiger charge is -2.32. The summed E-state index contributed by atoms with van der Waals surface area (Å²) in [4.78, 5) is 13.2. The van der Waals surface area contributed by atoms with E-state index in [0.717, 1.165) is 39.1 Å². The molecular weight excluding hydrogens is 396 g/mol. The van der Waals surface area contributed by atoms with Crippen molar-refractivity contribution in [2.24, 2.45) is 5.92 Å². The average molecular weight is 429 g/mol. The first-order chi connectivity index (χ1) is 14.0. The number of rotatable bonds is 4. The smallest absolute Gasteiger partial charge is 0.243 e. The van der Waals surface area contributed by atoms with Crippen LogP contribution in [0.15, 0.2) is 29.2 Å². The first-order valence-electron chi connectivity index (χ1n) is 10.5. The fourth-order valence-corrected chi connectivity index (χ4v) is 6.29. The van der Waals surface area contributed by atoms with E-state index in [1.807, 2.05) is 65.8 Å². The minimum atomic E-state index is -3.59. The van der Waals surface area contributed by atoms with Gasteiger partial charge in [-0.1, -0.05) is 23.8 Å². The molecule has 30 heavy (non-hydrogen) atoms. The molecule has 2 aromatic carbocycles. The lowest BCUT2D eigenvalue weighted by molar-refractivity contribution is -0.120. The van der Waals surface area contributed by atoms with Crippen LogP contribution in [0.4, 0.5) is 5.69 Å². The van der Waals surface area contributed by atoms with Gasteiger partial charge >= 0.3 is 0 Å². The van der Waals surface area contributed by atoms with Gasteiger partial charge in [0, 0.05) is 24.7 Å². The zero-order valence-corrected chi connectivity index (χ0v) is 19.6. The summed E-state index contributed by atoms with van der Waals surface area (Å²) in [5.74, 6) is -0.212. The molecule has 0 aromatic heterocycles. The number of amides is 1. The van der Waals surface area contributed by atoms with Gasteiger partial charge in [0.1, 0.15) is 0 Å². The molecule has 1 aliphatic heterocycles. The number of benzene rings is 2. The highest BCUT2D eigenvalue weighted by Gasteiger charge is 2.34. The number of nitrogens with zero attached hydrogens (tertiary/aromatic N) is 1. The van der Waals surface area contributed by atoms with E-state index in [-0.39, 0.29) is 11.8 Å². The van der Waals surface area contributed by atoms with Gasteiger partial charge in [-0.15, -0.1) is 0 Å². The second-order valence-electron chi connectivity index (χ2n) is 8.58. The first kappa shape index (κ1) is 22.5. The van der Waals surface area contributed by atoms with E-state index < -0.39 is 10.0 Å². The molecule has 0 unspecified atom stereocenters. The summed E-state index contributed by atoms with van der Waals surface area (Å²) in [5.41, 5.74) is 6.60. The Morgan fingerprint density at radius 1 is 0.900 bits per heavy atom. The number of piperidine rings is 1. The lowest BCUT2D eigenvalue weighted by atomic mass is 9.97. The van der Waals surface area contributed by atoms with Gasteiger partial charge in [0.05, 0.1) is 4.90 Å². The van der Waals surface area contributed by atoms with E-state index in [2.05, 4.69) is 5.32 Å². The van der Waals surface area contributed by atoms with Crippen LogP contribution in [0.2, 0.25) is 0 Å².